The van der Waals surface area contributed by atoms with E-state index >= 15 is 0 Å². The molecule has 4 rings (SSSR count). The maximum Gasteiger partial charge on any atom is 0.221 e. The Morgan fingerprint density at radius 3 is 2.91 bits per heavy atom. The van der Waals surface area contributed by atoms with Gasteiger partial charge in [0.2, 0.25) is 5.91 Å². The third kappa shape index (κ3) is 2.85. The predicted octanol–water partition coefficient (Wildman–Crippen LogP) is 1.73. The number of hydrogen-bond donors (Lipinski definition) is 2. The van der Waals surface area contributed by atoms with E-state index in [1.807, 2.05) is 12.1 Å². The van der Waals surface area contributed by atoms with Crippen LogP contribution in [0.2, 0.25) is 0 Å². The number of benzene rings is 1. The molecule has 2 aliphatic rings. The third-order valence-corrected chi connectivity index (χ3v) is 5.37. The molecule has 1 fully saturated rings. The maximum absolute atomic E-state index is 11.2. The Morgan fingerprint density at radius 2 is 2.13 bits per heavy atom. The molecule has 1 aromatic heterocycles. The van der Waals surface area contributed by atoms with E-state index in [0.717, 1.165) is 30.3 Å². The lowest BCUT2D eigenvalue weighted by Gasteiger charge is -2.34. The molecule has 1 atom stereocenters. The Hall–Kier alpha value is -1.88. The van der Waals surface area contributed by atoms with E-state index in [-0.39, 0.29) is 5.91 Å². The molecule has 0 saturated heterocycles. The van der Waals surface area contributed by atoms with Crippen molar-refractivity contribution in [3.63, 3.8) is 0 Å². The number of aromatic nitrogens is 2. The summed E-state index contributed by atoms with van der Waals surface area (Å²) >= 11 is 0. The van der Waals surface area contributed by atoms with Crippen LogP contribution in [0.3, 0.4) is 0 Å². The zero-order chi connectivity index (χ0) is 15.8. The number of hydrogen-bond acceptors (Lipinski definition) is 2. The van der Waals surface area contributed by atoms with Gasteiger partial charge in [0, 0.05) is 12.6 Å². The van der Waals surface area contributed by atoms with Crippen LogP contribution in [0.15, 0.2) is 18.2 Å². The topological polar surface area (TPSA) is 51.4 Å². The first kappa shape index (κ1) is 14.7. The lowest BCUT2D eigenvalue weighted by atomic mass is 9.94. The number of carbonyl (C=O) groups excluding carboxylic acids is 1. The molecule has 2 heterocycles. The highest BCUT2D eigenvalue weighted by Gasteiger charge is 2.30. The highest BCUT2D eigenvalue weighted by atomic mass is 16.1. The smallest absolute Gasteiger partial charge is 0.221 e. The summed E-state index contributed by atoms with van der Waals surface area (Å²) in [5.41, 5.74) is 3.02. The molecule has 1 saturated carbocycles. The van der Waals surface area contributed by atoms with Crippen molar-refractivity contribution in [1.29, 1.82) is 0 Å². The Kier molecular flexibility index (Phi) is 3.81. The summed E-state index contributed by atoms with van der Waals surface area (Å²) in [5, 5.41) is 2.84. The minimum atomic E-state index is -0.0405. The molecular weight excluding hydrogens is 288 g/mol. The molecule has 0 spiro atoms. The Balaban J connectivity index is 1.59. The van der Waals surface area contributed by atoms with Gasteiger partial charge in [-0.2, -0.15) is 0 Å². The van der Waals surface area contributed by atoms with Gasteiger partial charge in [-0.15, -0.1) is 0 Å². The van der Waals surface area contributed by atoms with Gasteiger partial charge in [0.1, 0.15) is 6.54 Å². The van der Waals surface area contributed by atoms with Crippen LogP contribution in [0.4, 0.5) is 5.69 Å². The second-order valence-corrected chi connectivity index (χ2v) is 6.98. The van der Waals surface area contributed by atoms with E-state index in [9.17, 15) is 4.79 Å². The summed E-state index contributed by atoms with van der Waals surface area (Å²) in [4.78, 5) is 17.8. The number of fused-ring (bicyclic) bond motifs is 3. The number of rotatable bonds is 2. The number of imidazole rings is 1. The fourth-order valence-electron chi connectivity index (χ4n) is 4.25. The van der Waals surface area contributed by atoms with Crippen LogP contribution in [0.1, 0.15) is 44.9 Å². The lowest BCUT2D eigenvalue weighted by Crippen LogP contribution is -3.15. The molecule has 1 aliphatic heterocycles. The number of quaternary nitrogens is 1. The summed E-state index contributed by atoms with van der Waals surface area (Å²) in [5.74, 6) is 1.16. The van der Waals surface area contributed by atoms with Crippen LogP contribution in [-0.4, -0.2) is 28.0 Å². The van der Waals surface area contributed by atoms with Gasteiger partial charge < -0.3 is 14.8 Å². The zero-order valence-corrected chi connectivity index (χ0v) is 13.8. The first-order chi connectivity index (χ1) is 11.2. The SMILES string of the molecule is CC(=O)Nc1ccc2c(c1)nc1n2CC[NH+](C2CCCCC2)C1. The first-order valence-electron chi connectivity index (χ1n) is 8.82. The van der Waals surface area contributed by atoms with Crippen molar-refractivity contribution in [3.8, 4) is 0 Å². The molecule has 5 nitrogen and oxygen atoms in total. The van der Waals surface area contributed by atoms with Gasteiger partial charge in [-0.1, -0.05) is 6.42 Å². The predicted molar refractivity (Wildman–Crippen MR) is 90.4 cm³/mol. The van der Waals surface area contributed by atoms with Crippen molar-refractivity contribution >= 4 is 22.6 Å². The van der Waals surface area contributed by atoms with Gasteiger partial charge in [0.05, 0.1) is 30.2 Å². The molecular formula is C18H25N4O+. The Labute approximate surface area is 136 Å². The quantitative estimate of drug-likeness (QED) is 0.887. The molecule has 1 aliphatic carbocycles. The number of amides is 1. The van der Waals surface area contributed by atoms with Crippen LogP contribution in [-0.2, 0) is 17.9 Å². The largest absolute Gasteiger partial charge is 0.326 e. The molecule has 0 radical (unpaired) electrons. The first-order valence-corrected chi connectivity index (χ1v) is 8.82. The second-order valence-electron chi connectivity index (χ2n) is 6.98. The summed E-state index contributed by atoms with van der Waals surface area (Å²) in [7, 11) is 0. The van der Waals surface area contributed by atoms with Gasteiger partial charge in [-0.3, -0.25) is 4.79 Å². The maximum atomic E-state index is 11.2. The van der Waals surface area contributed by atoms with E-state index in [1.165, 1.54) is 56.9 Å². The van der Waals surface area contributed by atoms with E-state index in [0.29, 0.717) is 0 Å². The van der Waals surface area contributed by atoms with E-state index in [4.69, 9.17) is 4.98 Å². The Bertz CT molecular complexity index is 730. The van der Waals surface area contributed by atoms with Gasteiger partial charge >= 0.3 is 0 Å². The number of nitrogens with zero attached hydrogens (tertiary/aromatic N) is 2. The minimum Gasteiger partial charge on any atom is -0.326 e. The van der Waals surface area contributed by atoms with Crippen LogP contribution in [0.5, 0.6) is 0 Å². The van der Waals surface area contributed by atoms with Crippen molar-refractivity contribution < 1.29 is 9.69 Å². The molecule has 5 heteroatoms. The van der Waals surface area contributed by atoms with Crippen LogP contribution in [0, 0.1) is 0 Å². The zero-order valence-electron chi connectivity index (χ0n) is 13.8. The number of nitrogens with one attached hydrogen (secondary N) is 2. The van der Waals surface area contributed by atoms with Crippen molar-refractivity contribution in [2.45, 2.75) is 58.2 Å². The van der Waals surface area contributed by atoms with Gasteiger partial charge in [-0.25, -0.2) is 4.98 Å². The summed E-state index contributed by atoms with van der Waals surface area (Å²) in [6, 6.07) is 6.87. The fourth-order valence-corrected chi connectivity index (χ4v) is 4.25. The fraction of sp³-hybridized carbons (Fsp3) is 0.556. The molecule has 122 valence electrons. The standard InChI is InChI=1S/C18H24N4O/c1-13(23)19-14-7-8-17-16(11-14)20-18-12-21(9-10-22(17)18)15-5-3-2-4-6-15/h7-8,11,15H,2-6,9-10,12H2,1H3,(H,19,23)/p+1. The minimum absolute atomic E-state index is 0.0405. The molecule has 1 amide bonds. The molecule has 2 aromatic rings. The van der Waals surface area contributed by atoms with Gasteiger partial charge in [-0.05, 0) is 43.9 Å². The molecule has 2 N–H and O–H groups in total. The Morgan fingerprint density at radius 1 is 1.30 bits per heavy atom. The lowest BCUT2D eigenvalue weighted by molar-refractivity contribution is -0.944. The summed E-state index contributed by atoms with van der Waals surface area (Å²) < 4.78 is 2.36. The monoisotopic (exact) mass is 313 g/mol. The normalized spacial score (nSPS) is 22.0. The second kappa shape index (κ2) is 5.96. The van der Waals surface area contributed by atoms with Crippen molar-refractivity contribution in [1.82, 2.24) is 9.55 Å². The number of anilines is 1. The van der Waals surface area contributed by atoms with E-state index < -0.39 is 0 Å². The average Bonchev–Trinajstić information content (AvgIpc) is 2.91. The average molecular weight is 313 g/mol. The van der Waals surface area contributed by atoms with Crippen LogP contribution in [0.25, 0.3) is 11.0 Å². The van der Waals surface area contributed by atoms with E-state index in [1.54, 1.807) is 4.90 Å². The van der Waals surface area contributed by atoms with Gasteiger partial charge in [0.25, 0.3) is 0 Å². The molecule has 1 unspecified atom stereocenters. The third-order valence-electron chi connectivity index (χ3n) is 5.37. The van der Waals surface area contributed by atoms with Crippen LogP contribution >= 0.6 is 0 Å². The summed E-state index contributed by atoms with van der Waals surface area (Å²) in [6.07, 6.45) is 6.95. The van der Waals surface area contributed by atoms with Gasteiger partial charge in [0.15, 0.2) is 5.82 Å². The van der Waals surface area contributed by atoms with E-state index in [2.05, 4.69) is 16.0 Å². The molecule has 23 heavy (non-hydrogen) atoms. The molecule has 1 aromatic carbocycles. The number of carbonyl (C=O) groups is 1. The van der Waals surface area contributed by atoms with Crippen molar-refractivity contribution in [2.75, 3.05) is 11.9 Å². The highest BCUT2D eigenvalue weighted by molar-refractivity contribution is 5.91. The van der Waals surface area contributed by atoms with Crippen molar-refractivity contribution in [2.24, 2.45) is 0 Å². The van der Waals surface area contributed by atoms with Crippen LogP contribution < -0.4 is 10.2 Å². The molecule has 0 bridgehead atoms. The van der Waals surface area contributed by atoms with Crippen molar-refractivity contribution in [3.05, 3.63) is 24.0 Å². The summed E-state index contributed by atoms with van der Waals surface area (Å²) in [6.45, 7) is 4.83. The highest BCUT2D eigenvalue weighted by Crippen LogP contribution is 2.22.